The average molecular weight is 228 g/mol. The van der Waals surface area contributed by atoms with Gasteiger partial charge in [0.05, 0.1) is 6.42 Å². The first kappa shape index (κ1) is 15.3. The molecular formula is C13H24O3. The molecule has 0 rings (SSSR count). The Hall–Kier alpha value is -0.700. The lowest BCUT2D eigenvalue weighted by molar-refractivity contribution is -0.133. The van der Waals surface area contributed by atoms with Gasteiger partial charge in [0.2, 0.25) is 0 Å². The van der Waals surface area contributed by atoms with Gasteiger partial charge >= 0.3 is 0 Å². The predicted octanol–water partition coefficient (Wildman–Crippen LogP) is 2.77. The number of hydrogen-bond acceptors (Lipinski definition) is 3. The fourth-order valence-corrected chi connectivity index (χ4v) is 1.59. The SMILES string of the molecule is CCC(CC)CCOC(C)C(=O)CC(C)=O. The molecule has 3 heteroatoms. The fourth-order valence-electron chi connectivity index (χ4n) is 1.59. The molecule has 94 valence electrons. The average Bonchev–Trinajstić information content (AvgIpc) is 2.23. The van der Waals surface area contributed by atoms with Crippen molar-refractivity contribution < 1.29 is 14.3 Å². The highest BCUT2D eigenvalue weighted by Crippen LogP contribution is 2.12. The minimum atomic E-state index is -0.446. The van der Waals surface area contributed by atoms with Gasteiger partial charge in [-0.15, -0.1) is 0 Å². The topological polar surface area (TPSA) is 43.4 Å². The van der Waals surface area contributed by atoms with E-state index in [2.05, 4.69) is 13.8 Å². The Balaban J connectivity index is 3.75. The standard InChI is InChI=1S/C13H24O3/c1-5-12(6-2)7-8-16-11(4)13(15)9-10(3)14/h11-12H,5-9H2,1-4H3. The number of rotatable bonds is 9. The molecule has 0 aromatic carbocycles. The molecule has 0 saturated heterocycles. The van der Waals surface area contributed by atoms with Crippen molar-refractivity contribution in [3.63, 3.8) is 0 Å². The highest BCUT2D eigenvalue weighted by Gasteiger charge is 2.15. The van der Waals surface area contributed by atoms with E-state index < -0.39 is 6.10 Å². The van der Waals surface area contributed by atoms with Crippen molar-refractivity contribution in [2.45, 2.75) is 59.5 Å². The summed E-state index contributed by atoms with van der Waals surface area (Å²) < 4.78 is 5.44. The second-order valence-electron chi connectivity index (χ2n) is 4.33. The molecule has 0 fully saturated rings. The van der Waals surface area contributed by atoms with Gasteiger partial charge in [0.25, 0.3) is 0 Å². The lowest BCUT2D eigenvalue weighted by Crippen LogP contribution is -2.23. The molecule has 0 saturated carbocycles. The summed E-state index contributed by atoms with van der Waals surface area (Å²) in [5.74, 6) is 0.465. The van der Waals surface area contributed by atoms with E-state index in [9.17, 15) is 9.59 Å². The monoisotopic (exact) mass is 228 g/mol. The molecule has 0 aliphatic carbocycles. The summed E-state index contributed by atoms with van der Waals surface area (Å²) in [6.07, 6.45) is 2.83. The van der Waals surface area contributed by atoms with Crippen LogP contribution in [0.2, 0.25) is 0 Å². The quantitative estimate of drug-likeness (QED) is 0.570. The van der Waals surface area contributed by atoms with Crippen LogP contribution in [0.25, 0.3) is 0 Å². The Bertz CT molecular complexity index is 219. The first-order chi connectivity index (χ1) is 7.51. The van der Waals surface area contributed by atoms with Crippen LogP contribution in [-0.4, -0.2) is 24.3 Å². The first-order valence-corrected chi connectivity index (χ1v) is 6.14. The Morgan fingerprint density at radius 3 is 2.19 bits per heavy atom. The van der Waals surface area contributed by atoms with Crippen LogP contribution >= 0.6 is 0 Å². The van der Waals surface area contributed by atoms with E-state index in [0.29, 0.717) is 12.5 Å². The summed E-state index contributed by atoms with van der Waals surface area (Å²) in [5, 5.41) is 0. The third-order valence-electron chi connectivity index (χ3n) is 2.93. The van der Waals surface area contributed by atoms with Crippen molar-refractivity contribution in [3.8, 4) is 0 Å². The molecule has 0 radical (unpaired) electrons. The molecule has 0 amide bonds. The van der Waals surface area contributed by atoms with Crippen LogP contribution in [0.3, 0.4) is 0 Å². The molecule has 3 nitrogen and oxygen atoms in total. The predicted molar refractivity (Wildman–Crippen MR) is 64.4 cm³/mol. The largest absolute Gasteiger partial charge is 0.371 e. The van der Waals surface area contributed by atoms with Crippen LogP contribution in [0.1, 0.15) is 53.4 Å². The minimum Gasteiger partial charge on any atom is -0.371 e. The number of carbonyl (C=O) groups is 2. The van der Waals surface area contributed by atoms with E-state index in [1.54, 1.807) is 6.92 Å². The van der Waals surface area contributed by atoms with E-state index in [1.165, 1.54) is 6.92 Å². The fraction of sp³-hybridized carbons (Fsp3) is 0.846. The maximum atomic E-state index is 11.4. The molecule has 1 atom stereocenters. The molecule has 0 aliphatic heterocycles. The summed E-state index contributed by atoms with van der Waals surface area (Å²) in [6.45, 7) is 8.08. The molecule has 0 aliphatic rings. The van der Waals surface area contributed by atoms with E-state index in [4.69, 9.17) is 4.74 Å². The molecule has 0 spiro atoms. The molecular weight excluding hydrogens is 204 g/mol. The van der Waals surface area contributed by atoms with Gasteiger partial charge in [0.15, 0.2) is 5.78 Å². The molecule has 0 N–H and O–H groups in total. The second-order valence-corrected chi connectivity index (χ2v) is 4.33. The van der Waals surface area contributed by atoms with Gasteiger partial charge in [0.1, 0.15) is 11.9 Å². The van der Waals surface area contributed by atoms with Crippen molar-refractivity contribution in [2.24, 2.45) is 5.92 Å². The minimum absolute atomic E-state index is 0.00779. The molecule has 1 unspecified atom stereocenters. The zero-order chi connectivity index (χ0) is 12.6. The summed E-state index contributed by atoms with van der Waals surface area (Å²) in [5.41, 5.74) is 0. The van der Waals surface area contributed by atoms with Crippen LogP contribution in [0.4, 0.5) is 0 Å². The van der Waals surface area contributed by atoms with Crippen LogP contribution in [-0.2, 0) is 14.3 Å². The van der Waals surface area contributed by atoms with Crippen molar-refractivity contribution in [1.29, 1.82) is 0 Å². The van der Waals surface area contributed by atoms with Crippen LogP contribution < -0.4 is 0 Å². The maximum Gasteiger partial charge on any atom is 0.168 e. The van der Waals surface area contributed by atoms with Gasteiger partial charge < -0.3 is 4.74 Å². The van der Waals surface area contributed by atoms with Crippen molar-refractivity contribution >= 4 is 11.6 Å². The summed E-state index contributed by atoms with van der Waals surface area (Å²) in [7, 11) is 0. The molecule has 0 heterocycles. The van der Waals surface area contributed by atoms with Gasteiger partial charge in [-0.05, 0) is 26.2 Å². The number of Topliss-reactive ketones (excluding diaryl/α,β-unsaturated/α-hetero) is 2. The first-order valence-electron chi connectivity index (χ1n) is 6.14. The Labute approximate surface area is 98.6 Å². The number of hydrogen-bond donors (Lipinski definition) is 0. The number of carbonyl (C=O) groups excluding carboxylic acids is 2. The maximum absolute atomic E-state index is 11.4. The third-order valence-corrected chi connectivity index (χ3v) is 2.93. The highest BCUT2D eigenvalue weighted by atomic mass is 16.5. The van der Waals surface area contributed by atoms with Gasteiger partial charge in [-0.2, -0.15) is 0 Å². The summed E-state index contributed by atoms with van der Waals surface area (Å²) in [6, 6.07) is 0. The number of ketones is 2. The highest BCUT2D eigenvalue weighted by molar-refractivity contribution is 5.99. The zero-order valence-corrected chi connectivity index (χ0v) is 10.9. The van der Waals surface area contributed by atoms with E-state index in [1.807, 2.05) is 0 Å². The van der Waals surface area contributed by atoms with E-state index >= 15 is 0 Å². The van der Waals surface area contributed by atoms with Crippen molar-refractivity contribution in [2.75, 3.05) is 6.61 Å². The van der Waals surface area contributed by atoms with E-state index in [-0.39, 0.29) is 18.0 Å². The Morgan fingerprint density at radius 2 is 1.75 bits per heavy atom. The molecule has 0 aromatic heterocycles. The van der Waals surface area contributed by atoms with Crippen LogP contribution in [0.15, 0.2) is 0 Å². The Morgan fingerprint density at radius 1 is 1.19 bits per heavy atom. The van der Waals surface area contributed by atoms with E-state index in [0.717, 1.165) is 19.3 Å². The van der Waals surface area contributed by atoms with Gasteiger partial charge in [-0.3, -0.25) is 9.59 Å². The van der Waals surface area contributed by atoms with Crippen LogP contribution in [0, 0.1) is 5.92 Å². The number of ether oxygens (including phenoxy) is 1. The summed E-state index contributed by atoms with van der Waals surface area (Å²) >= 11 is 0. The lowest BCUT2D eigenvalue weighted by Gasteiger charge is -2.15. The van der Waals surface area contributed by atoms with Gasteiger partial charge in [-0.1, -0.05) is 26.7 Å². The molecule has 0 bridgehead atoms. The lowest BCUT2D eigenvalue weighted by atomic mass is 10.0. The third kappa shape index (κ3) is 6.72. The zero-order valence-electron chi connectivity index (χ0n) is 10.9. The van der Waals surface area contributed by atoms with Crippen molar-refractivity contribution in [1.82, 2.24) is 0 Å². The molecule has 16 heavy (non-hydrogen) atoms. The second kappa shape index (κ2) is 8.45. The smallest absolute Gasteiger partial charge is 0.168 e. The Kier molecular flexibility index (Phi) is 8.08. The van der Waals surface area contributed by atoms with Gasteiger partial charge in [0, 0.05) is 6.61 Å². The van der Waals surface area contributed by atoms with Crippen LogP contribution in [0.5, 0.6) is 0 Å². The van der Waals surface area contributed by atoms with Crippen molar-refractivity contribution in [3.05, 3.63) is 0 Å². The summed E-state index contributed by atoms with van der Waals surface area (Å²) in [4.78, 5) is 22.2. The van der Waals surface area contributed by atoms with Gasteiger partial charge in [-0.25, -0.2) is 0 Å². The normalized spacial score (nSPS) is 12.8. The molecule has 0 aromatic rings.